The summed E-state index contributed by atoms with van der Waals surface area (Å²) in [6.07, 6.45) is -0.677. The third-order valence-corrected chi connectivity index (χ3v) is 2.62. The van der Waals surface area contributed by atoms with Crippen molar-refractivity contribution < 1.29 is 19.3 Å². The summed E-state index contributed by atoms with van der Waals surface area (Å²) in [6.45, 7) is 1.40. The molecule has 1 aromatic carbocycles. The lowest BCUT2D eigenvalue weighted by atomic mass is 10.1. The number of aliphatic hydroxyl groups is 1. The molecule has 0 amide bonds. The zero-order chi connectivity index (χ0) is 14.8. The van der Waals surface area contributed by atoms with Gasteiger partial charge in [0.1, 0.15) is 11.8 Å². The van der Waals surface area contributed by atoms with Gasteiger partial charge in [-0.05, 0) is 12.1 Å². The van der Waals surface area contributed by atoms with Gasteiger partial charge in [0.25, 0.3) is 0 Å². The number of ether oxygens (including phenoxy) is 3. The molecule has 1 rings (SSSR count). The first kappa shape index (κ1) is 16.2. The predicted molar refractivity (Wildman–Crippen MR) is 74.9 cm³/mol. The summed E-state index contributed by atoms with van der Waals surface area (Å²) in [5, 5.41) is 21.9. The topological polar surface area (TPSA) is 83.7 Å². The van der Waals surface area contributed by atoms with E-state index < -0.39 is 6.10 Å². The second kappa shape index (κ2) is 9.15. The number of para-hydroxylation sites is 1. The van der Waals surface area contributed by atoms with Crippen molar-refractivity contribution in [3.05, 3.63) is 23.8 Å². The molecule has 6 nitrogen and oxygen atoms in total. The Morgan fingerprint density at radius 3 is 2.80 bits per heavy atom. The number of rotatable bonds is 9. The molecule has 0 aromatic heterocycles. The van der Waals surface area contributed by atoms with Crippen LogP contribution in [0, 0.1) is 11.3 Å². The van der Waals surface area contributed by atoms with Crippen LogP contribution in [0.2, 0.25) is 0 Å². The van der Waals surface area contributed by atoms with E-state index in [1.165, 1.54) is 7.11 Å². The summed E-state index contributed by atoms with van der Waals surface area (Å²) in [5.74, 6) is 0.566. The standard InChI is InChI=1S/C14H20N2O4/c1-18-6-7-20-10-12(17)9-16-14-11(8-15)4-3-5-13(14)19-2/h3-5,12,16-17H,6-7,9-10H2,1-2H3. The van der Waals surface area contributed by atoms with Crippen molar-refractivity contribution in [2.24, 2.45) is 0 Å². The Bertz CT molecular complexity index is 445. The summed E-state index contributed by atoms with van der Waals surface area (Å²) in [6, 6.07) is 7.27. The van der Waals surface area contributed by atoms with Crippen LogP contribution in [0.5, 0.6) is 5.75 Å². The number of benzene rings is 1. The summed E-state index contributed by atoms with van der Waals surface area (Å²) < 4.78 is 15.3. The van der Waals surface area contributed by atoms with Gasteiger partial charge in [-0.25, -0.2) is 0 Å². The van der Waals surface area contributed by atoms with Crippen LogP contribution in [0.15, 0.2) is 18.2 Å². The molecular weight excluding hydrogens is 260 g/mol. The quantitative estimate of drug-likeness (QED) is 0.657. The maximum absolute atomic E-state index is 9.78. The minimum Gasteiger partial charge on any atom is -0.495 e. The number of aliphatic hydroxyl groups excluding tert-OH is 1. The maximum atomic E-state index is 9.78. The fourth-order valence-corrected chi connectivity index (χ4v) is 1.62. The van der Waals surface area contributed by atoms with Crippen molar-refractivity contribution in [1.29, 1.82) is 5.26 Å². The zero-order valence-electron chi connectivity index (χ0n) is 11.8. The van der Waals surface area contributed by atoms with Gasteiger partial charge in [-0.2, -0.15) is 5.26 Å². The van der Waals surface area contributed by atoms with Crippen LogP contribution in [-0.4, -0.2) is 51.8 Å². The van der Waals surface area contributed by atoms with Crippen LogP contribution < -0.4 is 10.1 Å². The van der Waals surface area contributed by atoms with Gasteiger partial charge < -0.3 is 24.6 Å². The van der Waals surface area contributed by atoms with Gasteiger partial charge in [0.05, 0.1) is 44.3 Å². The normalized spacial score (nSPS) is 11.7. The van der Waals surface area contributed by atoms with Gasteiger partial charge in [0.2, 0.25) is 0 Å². The van der Waals surface area contributed by atoms with Crippen molar-refractivity contribution in [3.63, 3.8) is 0 Å². The molecule has 0 spiro atoms. The summed E-state index contributed by atoms with van der Waals surface area (Å²) in [5.41, 5.74) is 1.05. The number of anilines is 1. The van der Waals surface area contributed by atoms with E-state index in [9.17, 15) is 5.11 Å². The molecule has 2 N–H and O–H groups in total. The third kappa shape index (κ3) is 5.05. The first-order valence-electron chi connectivity index (χ1n) is 6.28. The molecule has 0 fully saturated rings. The highest BCUT2D eigenvalue weighted by Gasteiger charge is 2.11. The van der Waals surface area contributed by atoms with Gasteiger partial charge in [-0.1, -0.05) is 6.07 Å². The number of hydrogen-bond acceptors (Lipinski definition) is 6. The fraction of sp³-hybridized carbons (Fsp3) is 0.500. The molecular formula is C14H20N2O4. The van der Waals surface area contributed by atoms with Crippen LogP contribution in [0.3, 0.4) is 0 Å². The molecule has 1 unspecified atom stereocenters. The largest absolute Gasteiger partial charge is 0.495 e. The van der Waals surface area contributed by atoms with Crippen LogP contribution in [0.1, 0.15) is 5.56 Å². The lowest BCUT2D eigenvalue weighted by molar-refractivity contribution is 0.0182. The molecule has 0 radical (unpaired) electrons. The van der Waals surface area contributed by atoms with Crippen molar-refractivity contribution >= 4 is 5.69 Å². The molecule has 0 saturated heterocycles. The number of hydrogen-bond donors (Lipinski definition) is 2. The van der Waals surface area contributed by atoms with E-state index in [4.69, 9.17) is 19.5 Å². The molecule has 6 heteroatoms. The Kier molecular flexibility index (Phi) is 7.43. The molecule has 0 aliphatic heterocycles. The monoisotopic (exact) mass is 280 g/mol. The molecule has 0 aliphatic carbocycles. The Morgan fingerprint density at radius 1 is 1.35 bits per heavy atom. The summed E-state index contributed by atoms with van der Waals surface area (Å²) >= 11 is 0. The van der Waals surface area contributed by atoms with Gasteiger partial charge in [0.15, 0.2) is 0 Å². The highest BCUT2D eigenvalue weighted by Crippen LogP contribution is 2.27. The van der Waals surface area contributed by atoms with Gasteiger partial charge in [-0.3, -0.25) is 0 Å². The van der Waals surface area contributed by atoms with Gasteiger partial charge in [0, 0.05) is 13.7 Å². The van der Waals surface area contributed by atoms with Crippen molar-refractivity contribution in [2.75, 3.05) is 45.9 Å². The Morgan fingerprint density at radius 2 is 2.15 bits per heavy atom. The number of nitrogens with one attached hydrogen (secondary N) is 1. The molecule has 110 valence electrons. The van der Waals surface area contributed by atoms with Gasteiger partial charge >= 0.3 is 0 Å². The molecule has 0 aliphatic rings. The fourth-order valence-electron chi connectivity index (χ4n) is 1.62. The van der Waals surface area contributed by atoms with Crippen molar-refractivity contribution in [3.8, 4) is 11.8 Å². The predicted octanol–water partition coefficient (Wildman–Crippen LogP) is 1.00. The van der Waals surface area contributed by atoms with E-state index in [2.05, 4.69) is 11.4 Å². The van der Waals surface area contributed by atoms with Crippen LogP contribution >= 0.6 is 0 Å². The lowest BCUT2D eigenvalue weighted by Crippen LogP contribution is -2.26. The molecule has 0 heterocycles. The first-order valence-corrected chi connectivity index (χ1v) is 6.28. The number of nitrogens with zero attached hydrogens (tertiary/aromatic N) is 1. The smallest absolute Gasteiger partial charge is 0.143 e. The highest BCUT2D eigenvalue weighted by molar-refractivity contribution is 5.66. The third-order valence-electron chi connectivity index (χ3n) is 2.62. The Balaban J connectivity index is 2.50. The minimum absolute atomic E-state index is 0.202. The van der Waals surface area contributed by atoms with Crippen molar-refractivity contribution in [2.45, 2.75) is 6.10 Å². The first-order chi connectivity index (χ1) is 9.72. The second-order valence-corrected chi connectivity index (χ2v) is 4.10. The second-order valence-electron chi connectivity index (χ2n) is 4.10. The average molecular weight is 280 g/mol. The zero-order valence-corrected chi connectivity index (χ0v) is 11.8. The average Bonchev–Trinajstić information content (AvgIpc) is 2.49. The van der Waals surface area contributed by atoms with Crippen molar-refractivity contribution in [1.82, 2.24) is 0 Å². The Labute approximate surface area is 118 Å². The van der Waals surface area contributed by atoms with Crippen LogP contribution in [0.4, 0.5) is 5.69 Å². The highest BCUT2D eigenvalue weighted by atomic mass is 16.5. The minimum atomic E-state index is -0.677. The van der Waals surface area contributed by atoms with Gasteiger partial charge in [-0.15, -0.1) is 0 Å². The van der Waals surface area contributed by atoms with E-state index in [0.29, 0.717) is 30.2 Å². The SMILES string of the molecule is COCCOCC(O)CNc1c(C#N)cccc1OC. The van der Waals surface area contributed by atoms with E-state index >= 15 is 0 Å². The van der Waals surface area contributed by atoms with E-state index in [-0.39, 0.29) is 13.2 Å². The molecule has 0 bridgehead atoms. The van der Waals surface area contributed by atoms with Crippen LogP contribution in [0.25, 0.3) is 0 Å². The number of nitriles is 1. The number of methoxy groups -OCH3 is 2. The Hall–Kier alpha value is -1.81. The van der Waals surface area contributed by atoms with Crippen LogP contribution in [-0.2, 0) is 9.47 Å². The van der Waals surface area contributed by atoms with E-state index in [0.717, 1.165) is 0 Å². The summed E-state index contributed by atoms with van der Waals surface area (Å²) in [4.78, 5) is 0. The molecule has 1 atom stereocenters. The maximum Gasteiger partial charge on any atom is 0.143 e. The van der Waals surface area contributed by atoms with E-state index in [1.807, 2.05) is 0 Å². The lowest BCUT2D eigenvalue weighted by Gasteiger charge is -2.16. The molecule has 20 heavy (non-hydrogen) atoms. The summed E-state index contributed by atoms with van der Waals surface area (Å²) in [7, 11) is 3.12. The molecule has 1 aromatic rings. The molecule has 0 saturated carbocycles. The van der Waals surface area contributed by atoms with E-state index in [1.54, 1.807) is 25.3 Å².